The minimum Gasteiger partial charge on any atom is -0.406 e. The van der Waals surface area contributed by atoms with Crippen LogP contribution in [0.1, 0.15) is 22.7 Å². The first kappa shape index (κ1) is 22.7. The SMILES string of the molecule is O=C(CC(CO)(CO)c1nc(-c2ccc(OC(F)(F)F)cc2)no1)c1ccc(Cl)cc1. The molecule has 31 heavy (non-hydrogen) atoms. The molecule has 0 aliphatic rings. The maximum atomic E-state index is 12.6. The van der Waals surface area contributed by atoms with Crippen LogP contribution in [0.4, 0.5) is 13.2 Å². The van der Waals surface area contributed by atoms with Crippen molar-refractivity contribution in [2.24, 2.45) is 0 Å². The molecule has 2 N–H and O–H groups in total. The molecular weight excluding hydrogens is 441 g/mol. The first-order chi connectivity index (χ1) is 14.7. The van der Waals surface area contributed by atoms with Crippen LogP contribution in [0.25, 0.3) is 11.4 Å². The van der Waals surface area contributed by atoms with Crippen LogP contribution in [-0.2, 0) is 5.41 Å². The van der Waals surface area contributed by atoms with Crippen molar-refractivity contribution in [2.45, 2.75) is 18.2 Å². The molecule has 0 fully saturated rings. The molecule has 11 heteroatoms. The number of alkyl halides is 3. The lowest BCUT2D eigenvalue weighted by atomic mass is 9.82. The summed E-state index contributed by atoms with van der Waals surface area (Å²) < 4.78 is 45.8. The van der Waals surface area contributed by atoms with Gasteiger partial charge in [-0.25, -0.2) is 0 Å². The second kappa shape index (κ2) is 9.04. The quantitative estimate of drug-likeness (QED) is 0.497. The topological polar surface area (TPSA) is 106 Å². The fourth-order valence-corrected chi connectivity index (χ4v) is 2.91. The summed E-state index contributed by atoms with van der Waals surface area (Å²) >= 11 is 5.81. The van der Waals surface area contributed by atoms with Gasteiger partial charge in [0.1, 0.15) is 11.2 Å². The van der Waals surface area contributed by atoms with Gasteiger partial charge in [-0.1, -0.05) is 16.8 Å². The molecule has 2 aromatic carbocycles. The molecule has 7 nitrogen and oxygen atoms in total. The lowest BCUT2D eigenvalue weighted by Crippen LogP contribution is -2.37. The summed E-state index contributed by atoms with van der Waals surface area (Å²) in [5.74, 6) is -1.01. The molecule has 0 spiro atoms. The van der Waals surface area contributed by atoms with Crippen LogP contribution < -0.4 is 4.74 Å². The molecule has 0 saturated carbocycles. The zero-order valence-corrected chi connectivity index (χ0v) is 16.5. The van der Waals surface area contributed by atoms with Crippen molar-refractivity contribution < 1.29 is 37.4 Å². The Hall–Kier alpha value is -2.95. The monoisotopic (exact) mass is 456 g/mol. The first-order valence-electron chi connectivity index (χ1n) is 8.87. The van der Waals surface area contributed by atoms with E-state index in [1.54, 1.807) is 0 Å². The molecule has 1 aromatic heterocycles. The number of benzene rings is 2. The number of halogens is 4. The number of hydrogen-bond donors (Lipinski definition) is 2. The van der Waals surface area contributed by atoms with Crippen molar-refractivity contribution >= 4 is 17.4 Å². The number of ether oxygens (including phenoxy) is 1. The van der Waals surface area contributed by atoms with E-state index in [-0.39, 0.29) is 18.1 Å². The number of carbonyl (C=O) groups is 1. The summed E-state index contributed by atoms with van der Waals surface area (Å²) in [5.41, 5.74) is -0.935. The zero-order chi connectivity index (χ0) is 22.6. The Balaban J connectivity index is 1.83. The van der Waals surface area contributed by atoms with Crippen LogP contribution in [-0.4, -0.2) is 45.7 Å². The summed E-state index contributed by atoms with van der Waals surface area (Å²) in [5, 5.41) is 24.0. The Morgan fingerprint density at radius 3 is 2.19 bits per heavy atom. The number of aliphatic hydroxyl groups is 2. The molecule has 164 valence electrons. The van der Waals surface area contributed by atoms with Gasteiger partial charge in [0.15, 0.2) is 5.78 Å². The molecular formula is C20H16ClF3N2O5. The Bertz CT molecular complexity index is 1030. The van der Waals surface area contributed by atoms with Gasteiger partial charge < -0.3 is 19.5 Å². The Labute approximate surface area is 179 Å². The van der Waals surface area contributed by atoms with Gasteiger partial charge in [0.05, 0.1) is 13.2 Å². The van der Waals surface area contributed by atoms with Gasteiger partial charge in [-0.15, -0.1) is 13.2 Å². The van der Waals surface area contributed by atoms with Crippen LogP contribution in [0.3, 0.4) is 0 Å². The number of carbonyl (C=O) groups excluding carboxylic acids is 1. The minimum absolute atomic E-state index is 0.00113. The average molecular weight is 457 g/mol. The van der Waals surface area contributed by atoms with E-state index in [0.717, 1.165) is 12.1 Å². The van der Waals surface area contributed by atoms with Crippen LogP contribution in [0.15, 0.2) is 53.1 Å². The highest BCUT2D eigenvalue weighted by Crippen LogP contribution is 2.31. The van der Waals surface area contributed by atoms with Crippen molar-refractivity contribution in [3.05, 3.63) is 65.0 Å². The highest BCUT2D eigenvalue weighted by Gasteiger charge is 2.40. The van der Waals surface area contributed by atoms with Crippen LogP contribution >= 0.6 is 11.6 Å². The van der Waals surface area contributed by atoms with E-state index in [0.29, 0.717) is 16.1 Å². The number of Topliss-reactive ketones (excluding diaryl/α,β-unsaturated/α-hetero) is 1. The van der Waals surface area contributed by atoms with E-state index in [1.165, 1.54) is 36.4 Å². The summed E-state index contributed by atoms with van der Waals surface area (Å²) in [6.07, 6.45) is -5.15. The molecule has 0 atom stereocenters. The number of rotatable bonds is 8. The lowest BCUT2D eigenvalue weighted by molar-refractivity contribution is -0.274. The van der Waals surface area contributed by atoms with Crippen LogP contribution in [0.2, 0.25) is 5.02 Å². The maximum Gasteiger partial charge on any atom is 0.573 e. The van der Waals surface area contributed by atoms with Gasteiger partial charge >= 0.3 is 6.36 Å². The minimum atomic E-state index is -4.82. The molecule has 0 saturated heterocycles. The fourth-order valence-electron chi connectivity index (χ4n) is 2.78. The van der Waals surface area contributed by atoms with E-state index in [4.69, 9.17) is 16.1 Å². The average Bonchev–Trinajstić information content (AvgIpc) is 3.22. The maximum absolute atomic E-state index is 12.6. The summed E-state index contributed by atoms with van der Waals surface area (Å²) in [4.78, 5) is 16.8. The molecule has 0 aliphatic heterocycles. The van der Waals surface area contributed by atoms with E-state index in [9.17, 15) is 28.2 Å². The van der Waals surface area contributed by atoms with Gasteiger partial charge in [0, 0.05) is 22.6 Å². The zero-order valence-electron chi connectivity index (χ0n) is 15.8. The molecule has 0 bridgehead atoms. The normalized spacial score (nSPS) is 12.1. The third-order valence-corrected chi connectivity index (χ3v) is 4.75. The second-order valence-electron chi connectivity index (χ2n) is 6.70. The summed E-state index contributed by atoms with van der Waals surface area (Å²) in [6, 6.07) is 10.8. The van der Waals surface area contributed by atoms with Gasteiger partial charge in [0.2, 0.25) is 11.7 Å². The van der Waals surface area contributed by atoms with Crippen molar-refractivity contribution in [3.63, 3.8) is 0 Å². The summed E-state index contributed by atoms with van der Waals surface area (Å²) in [7, 11) is 0. The lowest BCUT2D eigenvalue weighted by Gasteiger charge is -2.24. The first-order valence-corrected chi connectivity index (χ1v) is 9.24. The number of aliphatic hydroxyl groups excluding tert-OH is 2. The van der Waals surface area contributed by atoms with Crippen molar-refractivity contribution in [1.82, 2.24) is 10.1 Å². The Morgan fingerprint density at radius 2 is 1.65 bits per heavy atom. The molecule has 0 aliphatic carbocycles. The van der Waals surface area contributed by atoms with Gasteiger partial charge in [-0.2, -0.15) is 4.98 Å². The van der Waals surface area contributed by atoms with Crippen LogP contribution in [0.5, 0.6) is 5.75 Å². The predicted octanol–water partition coefficient (Wildman–Crippen LogP) is 3.78. The second-order valence-corrected chi connectivity index (χ2v) is 7.14. The van der Waals surface area contributed by atoms with Gasteiger partial charge in [-0.3, -0.25) is 4.79 Å². The van der Waals surface area contributed by atoms with Crippen molar-refractivity contribution in [1.29, 1.82) is 0 Å². The van der Waals surface area contributed by atoms with E-state index < -0.39 is 36.5 Å². The van der Waals surface area contributed by atoms with Gasteiger partial charge in [0.25, 0.3) is 0 Å². The third-order valence-electron chi connectivity index (χ3n) is 4.50. The molecule has 1 heterocycles. The number of nitrogens with zero attached hydrogens (tertiary/aromatic N) is 2. The number of aromatic nitrogens is 2. The Kier molecular flexibility index (Phi) is 6.63. The molecule has 0 radical (unpaired) electrons. The van der Waals surface area contributed by atoms with Gasteiger partial charge in [-0.05, 0) is 48.5 Å². The van der Waals surface area contributed by atoms with Crippen LogP contribution in [0, 0.1) is 0 Å². The molecule has 0 unspecified atom stereocenters. The number of ketones is 1. The smallest absolute Gasteiger partial charge is 0.406 e. The number of hydrogen-bond acceptors (Lipinski definition) is 7. The highest BCUT2D eigenvalue weighted by molar-refractivity contribution is 6.30. The third kappa shape index (κ3) is 5.40. The Morgan fingerprint density at radius 1 is 1.03 bits per heavy atom. The van der Waals surface area contributed by atoms with Crippen molar-refractivity contribution in [3.8, 4) is 17.1 Å². The molecule has 3 rings (SSSR count). The highest BCUT2D eigenvalue weighted by atomic mass is 35.5. The summed E-state index contributed by atoms with van der Waals surface area (Å²) in [6.45, 7) is -1.33. The molecule has 3 aromatic rings. The standard InChI is InChI=1S/C20H16ClF3N2O5/c21-14-5-1-12(2-6-14)16(29)9-19(10-27,11-28)18-25-17(26-31-18)13-3-7-15(8-4-13)30-20(22,23)24/h1-8,27-28H,9-11H2. The fraction of sp³-hybridized carbons (Fsp3) is 0.250. The van der Waals surface area contributed by atoms with E-state index >= 15 is 0 Å². The molecule has 0 amide bonds. The largest absolute Gasteiger partial charge is 0.573 e. The van der Waals surface area contributed by atoms with E-state index in [2.05, 4.69) is 14.9 Å². The van der Waals surface area contributed by atoms with Crippen molar-refractivity contribution in [2.75, 3.05) is 13.2 Å². The van der Waals surface area contributed by atoms with E-state index in [1.807, 2.05) is 0 Å². The predicted molar refractivity (Wildman–Crippen MR) is 103 cm³/mol.